The maximum absolute atomic E-state index is 13.7. The second-order valence-electron chi connectivity index (χ2n) is 13.5. The van der Waals surface area contributed by atoms with Crippen LogP contribution in [0.25, 0.3) is 33.5 Å². The first-order valence-corrected chi connectivity index (χ1v) is 16.7. The lowest BCUT2D eigenvalue weighted by molar-refractivity contribution is -0.133. The summed E-state index contributed by atoms with van der Waals surface area (Å²) < 4.78 is 0. The Morgan fingerprint density at radius 3 is 2.55 bits per heavy atom. The Morgan fingerprint density at radius 1 is 1.00 bits per heavy atom. The molecule has 3 fully saturated rings. The molecular formula is C38H37N9O2. The van der Waals surface area contributed by atoms with Crippen molar-refractivity contribution in [2.45, 2.75) is 38.8 Å². The number of nitrogens with one attached hydrogen (secondary N) is 2. The van der Waals surface area contributed by atoms with Gasteiger partial charge < -0.3 is 15.1 Å². The number of piperazine rings is 1. The summed E-state index contributed by atoms with van der Waals surface area (Å²) in [5, 5.41) is 11.5. The molecular weight excluding hydrogens is 614 g/mol. The number of H-pyrrole nitrogens is 1. The standard InChI is InChI=1S/C38H37N9O2/c1-4-38(37(49)42-28-7-10-33-32(16-28)35(44-43-33)27-11-13-39-25(3)15-27)12-14-45(23-38)22-34(48)47-21-30-17-31(47)20-46(30)29-8-5-26(6-9-29)36-40-18-24(2)19-41-36/h1,5-11,13,15-16,18-19,30-31H,12,14,17,20-23H2,2-3H3,(H,42,49)(H,43,44)/t30-,31-,38?/m0/s1. The Kier molecular flexibility index (Phi) is 7.60. The Balaban J connectivity index is 0.884. The third-order valence-corrected chi connectivity index (χ3v) is 10.2. The number of carbonyl (C=O) groups excluding carboxylic acids is 2. The molecule has 49 heavy (non-hydrogen) atoms. The fraction of sp³-hybridized carbons (Fsp3) is 0.316. The molecule has 2 aromatic carbocycles. The van der Waals surface area contributed by atoms with Crippen molar-refractivity contribution >= 4 is 34.1 Å². The van der Waals surface area contributed by atoms with Crippen molar-refractivity contribution in [3.8, 4) is 35.0 Å². The van der Waals surface area contributed by atoms with Crippen molar-refractivity contribution in [1.29, 1.82) is 0 Å². The quantitative estimate of drug-likeness (QED) is 0.248. The van der Waals surface area contributed by atoms with E-state index in [9.17, 15) is 9.59 Å². The van der Waals surface area contributed by atoms with E-state index < -0.39 is 5.41 Å². The van der Waals surface area contributed by atoms with Crippen molar-refractivity contribution in [1.82, 2.24) is 34.9 Å². The maximum Gasteiger partial charge on any atom is 0.244 e. The van der Waals surface area contributed by atoms with Gasteiger partial charge in [0.05, 0.1) is 18.1 Å². The predicted molar refractivity (Wildman–Crippen MR) is 188 cm³/mol. The van der Waals surface area contributed by atoms with Gasteiger partial charge in [0, 0.05) is 84.4 Å². The summed E-state index contributed by atoms with van der Waals surface area (Å²) in [6.07, 6.45) is 12.9. The minimum atomic E-state index is -1.02. The molecule has 3 aliphatic rings. The fourth-order valence-electron chi connectivity index (χ4n) is 7.56. The van der Waals surface area contributed by atoms with Crippen LogP contribution in [0.15, 0.2) is 73.2 Å². The van der Waals surface area contributed by atoms with Crippen LogP contribution in [0.5, 0.6) is 0 Å². The lowest BCUT2D eigenvalue weighted by atomic mass is 9.87. The smallest absolute Gasteiger partial charge is 0.244 e. The van der Waals surface area contributed by atoms with Crippen LogP contribution in [-0.4, -0.2) is 91.6 Å². The summed E-state index contributed by atoms with van der Waals surface area (Å²) in [4.78, 5) is 46.9. The number of likely N-dealkylation sites (tertiary alicyclic amines) is 2. The number of pyridine rings is 1. The zero-order chi connectivity index (χ0) is 33.7. The maximum atomic E-state index is 13.7. The molecule has 8 rings (SSSR count). The number of hydrogen-bond donors (Lipinski definition) is 2. The molecule has 3 saturated heterocycles. The van der Waals surface area contributed by atoms with E-state index in [0.717, 1.165) is 57.6 Å². The molecule has 11 heteroatoms. The highest BCUT2D eigenvalue weighted by molar-refractivity contribution is 6.01. The summed E-state index contributed by atoms with van der Waals surface area (Å²) in [5.74, 6) is 3.37. The van der Waals surface area contributed by atoms with E-state index in [-0.39, 0.29) is 30.4 Å². The summed E-state index contributed by atoms with van der Waals surface area (Å²) in [5.41, 5.74) is 6.28. The van der Waals surface area contributed by atoms with Gasteiger partial charge in [0.1, 0.15) is 11.1 Å². The van der Waals surface area contributed by atoms with Crippen LogP contribution < -0.4 is 10.2 Å². The molecule has 1 unspecified atom stereocenters. The van der Waals surface area contributed by atoms with Crippen LogP contribution in [-0.2, 0) is 9.59 Å². The third kappa shape index (κ3) is 5.68. The molecule has 2 amide bonds. The SMILES string of the molecule is C#CC1(C(=O)Nc2ccc3[nH]nc(-c4ccnc(C)c4)c3c2)CCN(CC(=O)N2C[C@@H]3C[C@H]2CN3c2ccc(-c3ncc(C)cn3)cc2)C1. The molecule has 6 heterocycles. The van der Waals surface area contributed by atoms with E-state index in [1.807, 2.05) is 66.4 Å². The van der Waals surface area contributed by atoms with Crippen molar-refractivity contribution in [2.75, 3.05) is 42.9 Å². The number of rotatable bonds is 7. The van der Waals surface area contributed by atoms with Gasteiger partial charge >= 0.3 is 0 Å². The molecule has 0 radical (unpaired) electrons. The van der Waals surface area contributed by atoms with E-state index in [1.165, 1.54) is 0 Å². The van der Waals surface area contributed by atoms with Crippen molar-refractivity contribution in [3.63, 3.8) is 0 Å². The highest BCUT2D eigenvalue weighted by atomic mass is 16.2. The molecule has 3 aliphatic heterocycles. The Bertz CT molecular complexity index is 2100. The van der Waals surface area contributed by atoms with Crippen LogP contribution in [0.3, 0.4) is 0 Å². The van der Waals surface area contributed by atoms with Gasteiger partial charge in [-0.2, -0.15) is 5.10 Å². The summed E-state index contributed by atoms with van der Waals surface area (Å²) >= 11 is 0. The first-order chi connectivity index (χ1) is 23.8. The molecule has 246 valence electrons. The van der Waals surface area contributed by atoms with E-state index >= 15 is 0 Å². The van der Waals surface area contributed by atoms with Crippen LogP contribution in [0.2, 0.25) is 0 Å². The van der Waals surface area contributed by atoms with E-state index in [2.05, 4.69) is 65.6 Å². The first-order valence-electron chi connectivity index (χ1n) is 16.7. The molecule has 3 atom stereocenters. The minimum absolute atomic E-state index is 0.0940. The van der Waals surface area contributed by atoms with Crippen LogP contribution in [0.4, 0.5) is 11.4 Å². The molecule has 11 nitrogen and oxygen atoms in total. The normalized spacial score (nSPS) is 21.7. The zero-order valence-corrected chi connectivity index (χ0v) is 27.6. The van der Waals surface area contributed by atoms with E-state index in [0.29, 0.717) is 37.6 Å². The summed E-state index contributed by atoms with van der Waals surface area (Å²) in [7, 11) is 0. The number of nitrogens with zero attached hydrogens (tertiary/aromatic N) is 7. The Labute approximate surface area is 284 Å². The lowest BCUT2D eigenvalue weighted by Gasteiger charge is -2.36. The second kappa shape index (κ2) is 12.1. The monoisotopic (exact) mass is 651 g/mol. The molecule has 2 N–H and O–H groups in total. The topological polar surface area (TPSA) is 123 Å². The molecule has 5 aromatic rings. The van der Waals surface area contributed by atoms with Gasteiger partial charge in [0.15, 0.2) is 5.82 Å². The number of aromatic amines is 1. The highest BCUT2D eigenvalue weighted by Gasteiger charge is 2.47. The lowest BCUT2D eigenvalue weighted by Crippen LogP contribution is -2.51. The number of hydrogen-bond acceptors (Lipinski definition) is 8. The fourth-order valence-corrected chi connectivity index (χ4v) is 7.56. The van der Waals surface area contributed by atoms with Gasteiger partial charge in [-0.25, -0.2) is 9.97 Å². The van der Waals surface area contributed by atoms with Gasteiger partial charge in [0.25, 0.3) is 0 Å². The third-order valence-electron chi connectivity index (χ3n) is 10.2. The average molecular weight is 652 g/mol. The number of anilines is 2. The van der Waals surface area contributed by atoms with E-state index in [1.54, 1.807) is 6.20 Å². The molecule has 0 spiro atoms. The van der Waals surface area contributed by atoms with Crippen LogP contribution in [0.1, 0.15) is 24.1 Å². The zero-order valence-electron chi connectivity index (χ0n) is 27.6. The Morgan fingerprint density at radius 2 is 1.82 bits per heavy atom. The van der Waals surface area contributed by atoms with E-state index in [4.69, 9.17) is 6.42 Å². The number of aryl methyl sites for hydroxylation is 2. The van der Waals surface area contributed by atoms with Crippen molar-refractivity contribution in [3.05, 3.63) is 84.4 Å². The van der Waals surface area contributed by atoms with Crippen molar-refractivity contribution < 1.29 is 9.59 Å². The predicted octanol–water partition coefficient (Wildman–Crippen LogP) is 4.45. The number of terminal acetylenes is 1. The minimum Gasteiger partial charge on any atom is -0.365 e. The molecule has 3 aromatic heterocycles. The second-order valence-corrected chi connectivity index (χ2v) is 13.5. The van der Waals surface area contributed by atoms with Gasteiger partial charge in [-0.1, -0.05) is 5.92 Å². The van der Waals surface area contributed by atoms with Gasteiger partial charge in [0.2, 0.25) is 11.8 Å². The van der Waals surface area contributed by atoms with Gasteiger partial charge in [-0.3, -0.25) is 24.6 Å². The van der Waals surface area contributed by atoms with Gasteiger partial charge in [-0.15, -0.1) is 6.42 Å². The number of carbonyl (C=O) groups is 2. The van der Waals surface area contributed by atoms with Crippen LogP contribution in [0, 0.1) is 31.6 Å². The highest BCUT2D eigenvalue weighted by Crippen LogP contribution is 2.37. The number of amides is 2. The number of fused-ring (bicyclic) bond motifs is 3. The van der Waals surface area contributed by atoms with Gasteiger partial charge in [-0.05, 0) is 86.8 Å². The first kappa shape index (κ1) is 30.7. The van der Waals surface area contributed by atoms with Crippen LogP contribution >= 0.6 is 0 Å². The molecule has 0 aliphatic carbocycles. The average Bonchev–Trinajstić information content (AvgIpc) is 3.92. The Hall–Kier alpha value is -5.60. The number of benzene rings is 2. The summed E-state index contributed by atoms with van der Waals surface area (Å²) in [6.45, 7) is 6.58. The largest absolute Gasteiger partial charge is 0.365 e. The van der Waals surface area contributed by atoms with Crippen molar-refractivity contribution in [2.24, 2.45) is 5.41 Å². The molecule has 0 saturated carbocycles. The summed E-state index contributed by atoms with van der Waals surface area (Å²) in [6, 6.07) is 18.4. The molecule has 2 bridgehead atoms. The number of aromatic nitrogens is 5.